The van der Waals surface area contributed by atoms with Crippen LogP contribution in [-0.4, -0.2) is 52.3 Å². The van der Waals surface area contributed by atoms with E-state index in [1.165, 1.54) is 17.7 Å². The second-order valence-electron chi connectivity index (χ2n) is 8.63. The minimum absolute atomic E-state index is 0.00101. The maximum Gasteiger partial charge on any atom is 0.422 e. The van der Waals surface area contributed by atoms with E-state index in [0.29, 0.717) is 6.54 Å². The number of hydrogen-bond acceptors (Lipinski definition) is 7. The first-order chi connectivity index (χ1) is 17.5. The predicted molar refractivity (Wildman–Crippen MR) is 124 cm³/mol. The zero-order chi connectivity index (χ0) is 26.5. The molecule has 1 unspecified atom stereocenters. The molecule has 0 aliphatic carbocycles. The van der Waals surface area contributed by atoms with E-state index in [0.717, 1.165) is 38.2 Å². The number of ether oxygens (including phenoxy) is 1. The van der Waals surface area contributed by atoms with E-state index in [1.807, 2.05) is 18.2 Å². The maximum absolute atomic E-state index is 13.0. The van der Waals surface area contributed by atoms with Crippen molar-refractivity contribution in [1.29, 1.82) is 0 Å². The van der Waals surface area contributed by atoms with E-state index in [-0.39, 0.29) is 23.5 Å². The number of aromatic nitrogens is 3. The van der Waals surface area contributed by atoms with E-state index < -0.39 is 30.5 Å². The van der Waals surface area contributed by atoms with Gasteiger partial charge >= 0.3 is 18.4 Å². The van der Waals surface area contributed by atoms with Crippen LogP contribution in [0.4, 0.5) is 43.9 Å². The van der Waals surface area contributed by atoms with Gasteiger partial charge in [-0.2, -0.15) is 41.3 Å². The van der Waals surface area contributed by atoms with Gasteiger partial charge in [0, 0.05) is 25.3 Å². The molecule has 0 spiro atoms. The highest BCUT2D eigenvalue weighted by molar-refractivity contribution is 5.55. The van der Waals surface area contributed by atoms with Crippen LogP contribution < -0.4 is 15.4 Å². The van der Waals surface area contributed by atoms with Crippen LogP contribution in [0.15, 0.2) is 54.6 Å². The number of rotatable bonds is 9. The van der Waals surface area contributed by atoms with Crippen molar-refractivity contribution in [2.24, 2.45) is 5.92 Å². The fourth-order valence-electron chi connectivity index (χ4n) is 3.91. The summed E-state index contributed by atoms with van der Waals surface area (Å²) in [5.41, 5.74) is 0.297. The average Bonchev–Trinajstić information content (AvgIpc) is 3.28. The summed E-state index contributed by atoms with van der Waals surface area (Å²) in [6.45, 7) is 1.32. The molecule has 7 nitrogen and oxygen atoms in total. The Morgan fingerprint density at radius 3 is 2.41 bits per heavy atom. The van der Waals surface area contributed by atoms with Gasteiger partial charge in [-0.25, -0.2) is 0 Å². The minimum Gasteiger partial charge on any atom is -0.454 e. The van der Waals surface area contributed by atoms with E-state index in [1.54, 1.807) is 0 Å². The summed E-state index contributed by atoms with van der Waals surface area (Å²) in [4.78, 5) is 14.1. The van der Waals surface area contributed by atoms with Gasteiger partial charge in [0.1, 0.15) is 0 Å². The SMILES string of the molecule is FC(F)(F)COc1nc(NCC2CCN(Cc3ccccc3)C2)nc(Nc2cccc(C(F)(F)F)c2)n1. The molecule has 0 radical (unpaired) electrons. The van der Waals surface area contributed by atoms with Crippen LogP contribution in [0.2, 0.25) is 0 Å². The number of alkyl halides is 6. The van der Waals surface area contributed by atoms with Crippen molar-refractivity contribution in [3.63, 3.8) is 0 Å². The van der Waals surface area contributed by atoms with E-state index in [4.69, 9.17) is 0 Å². The quantitative estimate of drug-likeness (QED) is 0.356. The number of nitrogens with one attached hydrogen (secondary N) is 2. The number of benzene rings is 2. The van der Waals surface area contributed by atoms with Gasteiger partial charge < -0.3 is 15.4 Å². The Labute approximate surface area is 208 Å². The molecule has 198 valence electrons. The van der Waals surface area contributed by atoms with Crippen molar-refractivity contribution in [3.05, 3.63) is 65.7 Å². The van der Waals surface area contributed by atoms with Crippen LogP contribution in [0.5, 0.6) is 6.01 Å². The van der Waals surface area contributed by atoms with Gasteiger partial charge in [-0.3, -0.25) is 4.90 Å². The van der Waals surface area contributed by atoms with Crippen molar-refractivity contribution in [1.82, 2.24) is 19.9 Å². The Balaban J connectivity index is 1.43. The van der Waals surface area contributed by atoms with Crippen LogP contribution in [0, 0.1) is 5.92 Å². The molecular formula is C24H24F6N6O. The maximum atomic E-state index is 13.0. The topological polar surface area (TPSA) is 75.2 Å². The van der Waals surface area contributed by atoms with Gasteiger partial charge in [-0.05, 0) is 42.6 Å². The van der Waals surface area contributed by atoms with Gasteiger partial charge in [0.15, 0.2) is 6.61 Å². The molecule has 37 heavy (non-hydrogen) atoms. The highest BCUT2D eigenvalue weighted by atomic mass is 19.4. The molecule has 1 atom stereocenters. The second-order valence-corrected chi connectivity index (χ2v) is 8.63. The summed E-state index contributed by atoms with van der Waals surface area (Å²) in [7, 11) is 0. The molecule has 13 heteroatoms. The van der Waals surface area contributed by atoms with Gasteiger partial charge in [0.05, 0.1) is 5.56 Å². The number of hydrogen-bond donors (Lipinski definition) is 2. The lowest BCUT2D eigenvalue weighted by atomic mass is 10.1. The molecule has 3 aromatic rings. The van der Waals surface area contributed by atoms with E-state index >= 15 is 0 Å². The zero-order valence-electron chi connectivity index (χ0n) is 19.5. The van der Waals surface area contributed by atoms with Gasteiger partial charge in [0.25, 0.3) is 0 Å². The molecule has 1 fully saturated rings. The zero-order valence-corrected chi connectivity index (χ0v) is 19.5. The first-order valence-corrected chi connectivity index (χ1v) is 11.4. The molecule has 0 saturated carbocycles. The Morgan fingerprint density at radius 1 is 0.919 bits per heavy atom. The minimum atomic E-state index is -4.62. The Hall–Kier alpha value is -3.61. The number of anilines is 3. The molecule has 1 aromatic heterocycles. The van der Waals surface area contributed by atoms with Crippen LogP contribution in [0.3, 0.4) is 0 Å². The molecule has 1 saturated heterocycles. The first kappa shape index (κ1) is 26.5. The third-order valence-electron chi connectivity index (χ3n) is 5.59. The highest BCUT2D eigenvalue weighted by Gasteiger charge is 2.31. The number of likely N-dealkylation sites (tertiary alicyclic amines) is 1. The Kier molecular flexibility index (Phi) is 8.00. The summed E-state index contributed by atoms with van der Waals surface area (Å²) in [5.74, 6) is -0.0748. The monoisotopic (exact) mass is 526 g/mol. The first-order valence-electron chi connectivity index (χ1n) is 11.4. The van der Waals surface area contributed by atoms with Crippen LogP contribution in [-0.2, 0) is 12.7 Å². The molecule has 2 N–H and O–H groups in total. The highest BCUT2D eigenvalue weighted by Crippen LogP contribution is 2.31. The fraction of sp³-hybridized carbons (Fsp3) is 0.375. The average molecular weight is 526 g/mol. The van der Waals surface area contributed by atoms with Gasteiger partial charge in [-0.1, -0.05) is 36.4 Å². The lowest BCUT2D eigenvalue weighted by Gasteiger charge is -2.17. The van der Waals surface area contributed by atoms with Gasteiger partial charge in [-0.15, -0.1) is 0 Å². The fourth-order valence-corrected chi connectivity index (χ4v) is 3.91. The van der Waals surface area contributed by atoms with Crippen molar-refractivity contribution >= 4 is 17.6 Å². The second kappa shape index (κ2) is 11.2. The summed E-state index contributed by atoms with van der Waals surface area (Å²) < 4.78 is 81.7. The molecule has 0 bridgehead atoms. The smallest absolute Gasteiger partial charge is 0.422 e. The molecule has 2 heterocycles. The molecule has 2 aromatic carbocycles. The third kappa shape index (κ3) is 8.20. The molecule has 1 aliphatic heterocycles. The molecule has 1 aliphatic rings. The van der Waals surface area contributed by atoms with Crippen molar-refractivity contribution in [2.75, 3.05) is 36.9 Å². The van der Waals surface area contributed by atoms with Crippen molar-refractivity contribution in [2.45, 2.75) is 25.3 Å². The normalized spacial score (nSPS) is 16.5. The van der Waals surface area contributed by atoms with Crippen molar-refractivity contribution < 1.29 is 31.1 Å². The Morgan fingerprint density at radius 2 is 1.68 bits per heavy atom. The predicted octanol–water partition coefficient (Wildman–Crippen LogP) is 5.51. The van der Waals surface area contributed by atoms with E-state index in [9.17, 15) is 26.3 Å². The standard InChI is InChI=1S/C24H24F6N6O/c25-23(26,27)15-37-22-34-20(31-12-17-9-10-36(14-17)13-16-5-2-1-3-6-16)33-21(35-22)32-19-8-4-7-18(11-19)24(28,29)30/h1-8,11,17H,9-10,12-15H2,(H2,31,32,33,34,35). The summed E-state index contributed by atoms with van der Waals surface area (Å²) >= 11 is 0. The van der Waals surface area contributed by atoms with Gasteiger partial charge in [0.2, 0.25) is 11.9 Å². The largest absolute Gasteiger partial charge is 0.454 e. The van der Waals surface area contributed by atoms with E-state index in [2.05, 4.69) is 47.4 Å². The number of nitrogens with zero attached hydrogens (tertiary/aromatic N) is 4. The lowest BCUT2D eigenvalue weighted by Crippen LogP contribution is -2.23. The molecular weight excluding hydrogens is 502 g/mol. The van der Waals surface area contributed by atoms with Crippen LogP contribution in [0.25, 0.3) is 0 Å². The molecule has 4 rings (SSSR count). The Bertz CT molecular complexity index is 1170. The number of halogens is 6. The van der Waals surface area contributed by atoms with Crippen LogP contribution in [0.1, 0.15) is 17.5 Å². The van der Waals surface area contributed by atoms with Crippen LogP contribution >= 0.6 is 0 Å². The summed E-state index contributed by atoms with van der Waals surface area (Å²) in [6, 6.07) is 13.7. The lowest BCUT2D eigenvalue weighted by molar-refractivity contribution is -0.154. The summed E-state index contributed by atoms with van der Waals surface area (Å²) in [5, 5.41) is 5.59. The summed E-state index contributed by atoms with van der Waals surface area (Å²) in [6.07, 6.45) is -8.29. The molecule has 0 amide bonds. The third-order valence-corrected chi connectivity index (χ3v) is 5.59. The van der Waals surface area contributed by atoms with Crippen molar-refractivity contribution in [3.8, 4) is 6.01 Å².